The first kappa shape index (κ1) is 15.5. The van der Waals surface area contributed by atoms with Crippen molar-refractivity contribution in [3.8, 4) is 10.7 Å². The number of rotatable bonds is 4. The second kappa shape index (κ2) is 6.84. The van der Waals surface area contributed by atoms with Gasteiger partial charge in [0.05, 0.1) is 16.3 Å². The predicted molar refractivity (Wildman–Crippen MR) is 93.1 cm³/mol. The van der Waals surface area contributed by atoms with Crippen molar-refractivity contribution in [1.82, 2.24) is 19.9 Å². The number of amides is 1. The molecule has 1 aliphatic heterocycles. The molecule has 24 heavy (non-hydrogen) atoms. The van der Waals surface area contributed by atoms with E-state index in [9.17, 15) is 4.79 Å². The molecule has 6 nitrogen and oxygen atoms in total. The molecule has 0 saturated carbocycles. The zero-order chi connectivity index (χ0) is 16.4. The van der Waals surface area contributed by atoms with E-state index in [1.165, 1.54) is 11.3 Å². The maximum absolute atomic E-state index is 12.3. The van der Waals surface area contributed by atoms with Crippen LogP contribution in [-0.2, 0) is 6.54 Å². The number of carbonyl (C=O) groups is 1. The fourth-order valence-electron chi connectivity index (χ4n) is 2.68. The molecule has 0 N–H and O–H groups in total. The lowest BCUT2D eigenvalue weighted by Gasteiger charge is -2.33. The summed E-state index contributed by atoms with van der Waals surface area (Å²) in [7, 11) is 0. The smallest absolute Gasteiger partial charge is 0.264 e. The molecule has 1 amide bonds. The normalized spacial score (nSPS) is 15.8. The first-order valence-corrected chi connectivity index (χ1v) is 9.47. The van der Waals surface area contributed by atoms with E-state index >= 15 is 0 Å². The van der Waals surface area contributed by atoms with Gasteiger partial charge in [-0.15, -0.1) is 22.7 Å². The van der Waals surface area contributed by atoms with E-state index in [4.69, 9.17) is 4.52 Å². The first-order valence-electron chi connectivity index (χ1n) is 7.71. The van der Waals surface area contributed by atoms with Crippen LogP contribution in [0.5, 0.6) is 0 Å². The van der Waals surface area contributed by atoms with E-state index in [-0.39, 0.29) is 5.91 Å². The second-order valence-electron chi connectivity index (χ2n) is 5.53. The van der Waals surface area contributed by atoms with Gasteiger partial charge in [-0.05, 0) is 22.9 Å². The zero-order valence-corrected chi connectivity index (χ0v) is 14.6. The molecule has 4 rings (SSSR count). The molecule has 0 atom stereocenters. The quantitative estimate of drug-likeness (QED) is 0.716. The van der Waals surface area contributed by atoms with E-state index in [0.29, 0.717) is 18.3 Å². The molecule has 0 aromatic carbocycles. The molecule has 3 aromatic rings. The minimum atomic E-state index is 0.127. The number of nitrogens with zero attached hydrogens (tertiary/aromatic N) is 4. The molecule has 0 spiro atoms. The third kappa shape index (κ3) is 3.26. The van der Waals surface area contributed by atoms with Gasteiger partial charge in [0.25, 0.3) is 5.91 Å². The van der Waals surface area contributed by atoms with Crippen molar-refractivity contribution in [3.63, 3.8) is 0 Å². The van der Waals surface area contributed by atoms with E-state index in [1.807, 2.05) is 39.9 Å². The molecule has 1 aliphatic rings. The van der Waals surface area contributed by atoms with Gasteiger partial charge in [0.1, 0.15) is 0 Å². The standard InChI is InChI=1S/C16H16N4O2S2/c21-16(13-4-2-10-24-13)20-7-5-19(6-8-20)11-14-17-15(18-22-14)12-3-1-9-23-12/h1-4,9-10H,5-8,11H2. The van der Waals surface area contributed by atoms with Crippen molar-refractivity contribution in [2.75, 3.05) is 26.2 Å². The van der Waals surface area contributed by atoms with Crippen LogP contribution in [0, 0.1) is 0 Å². The summed E-state index contributed by atoms with van der Waals surface area (Å²) in [4.78, 5) is 22.8. The SMILES string of the molecule is O=C(c1cccs1)N1CCN(Cc2nc(-c3cccs3)no2)CC1. The zero-order valence-electron chi connectivity index (χ0n) is 12.9. The Labute approximate surface area is 147 Å². The lowest BCUT2D eigenvalue weighted by atomic mass is 10.3. The lowest BCUT2D eigenvalue weighted by molar-refractivity contribution is 0.0620. The Bertz CT molecular complexity index is 790. The van der Waals surface area contributed by atoms with Crippen LogP contribution in [0.25, 0.3) is 10.7 Å². The van der Waals surface area contributed by atoms with Gasteiger partial charge in [0, 0.05) is 26.2 Å². The van der Waals surface area contributed by atoms with Gasteiger partial charge in [-0.25, -0.2) is 0 Å². The van der Waals surface area contributed by atoms with Gasteiger partial charge in [-0.1, -0.05) is 17.3 Å². The minimum Gasteiger partial charge on any atom is -0.338 e. The average molecular weight is 360 g/mol. The Morgan fingerprint density at radius 1 is 1.12 bits per heavy atom. The Kier molecular flexibility index (Phi) is 4.42. The van der Waals surface area contributed by atoms with Gasteiger partial charge >= 0.3 is 0 Å². The van der Waals surface area contributed by atoms with Crippen LogP contribution in [0.15, 0.2) is 39.5 Å². The summed E-state index contributed by atoms with van der Waals surface area (Å²) >= 11 is 3.09. The molecule has 1 saturated heterocycles. The number of thiophene rings is 2. The largest absolute Gasteiger partial charge is 0.338 e. The van der Waals surface area contributed by atoms with Crippen LogP contribution in [-0.4, -0.2) is 52.0 Å². The first-order chi connectivity index (χ1) is 11.8. The van der Waals surface area contributed by atoms with E-state index in [2.05, 4.69) is 15.0 Å². The van der Waals surface area contributed by atoms with E-state index < -0.39 is 0 Å². The van der Waals surface area contributed by atoms with Crippen molar-refractivity contribution in [3.05, 3.63) is 45.8 Å². The van der Waals surface area contributed by atoms with E-state index in [0.717, 1.165) is 35.9 Å². The van der Waals surface area contributed by atoms with Crippen LogP contribution < -0.4 is 0 Å². The molecule has 124 valence electrons. The summed E-state index contributed by atoms with van der Waals surface area (Å²) in [6.07, 6.45) is 0. The van der Waals surface area contributed by atoms with Crippen molar-refractivity contribution in [2.24, 2.45) is 0 Å². The van der Waals surface area contributed by atoms with Crippen molar-refractivity contribution in [1.29, 1.82) is 0 Å². The van der Waals surface area contributed by atoms with Crippen LogP contribution >= 0.6 is 22.7 Å². The molecule has 0 aliphatic carbocycles. The average Bonchev–Trinajstić information content (AvgIpc) is 3.36. The number of hydrogen-bond donors (Lipinski definition) is 0. The second-order valence-corrected chi connectivity index (χ2v) is 7.43. The fraction of sp³-hybridized carbons (Fsp3) is 0.312. The molecular formula is C16H16N4O2S2. The molecule has 1 fully saturated rings. The van der Waals surface area contributed by atoms with Crippen LogP contribution in [0.1, 0.15) is 15.6 Å². The minimum absolute atomic E-state index is 0.127. The highest BCUT2D eigenvalue weighted by atomic mass is 32.1. The maximum Gasteiger partial charge on any atom is 0.264 e. The van der Waals surface area contributed by atoms with Gasteiger partial charge < -0.3 is 9.42 Å². The number of aromatic nitrogens is 2. The summed E-state index contributed by atoms with van der Waals surface area (Å²) < 4.78 is 5.35. The van der Waals surface area contributed by atoms with Gasteiger partial charge in [-0.2, -0.15) is 4.98 Å². The third-order valence-electron chi connectivity index (χ3n) is 3.96. The van der Waals surface area contributed by atoms with Crippen LogP contribution in [0.3, 0.4) is 0 Å². The number of hydrogen-bond acceptors (Lipinski definition) is 7. The summed E-state index contributed by atoms with van der Waals surface area (Å²) in [5, 5.41) is 7.97. The highest BCUT2D eigenvalue weighted by Crippen LogP contribution is 2.22. The van der Waals surface area contributed by atoms with Crippen LogP contribution in [0.2, 0.25) is 0 Å². The van der Waals surface area contributed by atoms with Crippen LogP contribution in [0.4, 0.5) is 0 Å². The Balaban J connectivity index is 1.33. The highest BCUT2D eigenvalue weighted by Gasteiger charge is 2.24. The maximum atomic E-state index is 12.3. The topological polar surface area (TPSA) is 62.5 Å². The summed E-state index contributed by atoms with van der Waals surface area (Å²) in [5.41, 5.74) is 0. The summed E-state index contributed by atoms with van der Waals surface area (Å²) in [6.45, 7) is 3.70. The Morgan fingerprint density at radius 3 is 2.62 bits per heavy atom. The van der Waals surface area contributed by atoms with E-state index in [1.54, 1.807) is 11.3 Å². The van der Waals surface area contributed by atoms with Crippen molar-refractivity contribution >= 4 is 28.6 Å². The molecule has 4 heterocycles. The monoisotopic (exact) mass is 360 g/mol. The van der Waals surface area contributed by atoms with Gasteiger partial charge in [-0.3, -0.25) is 9.69 Å². The van der Waals surface area contributed by atoms with Crippen molar-refractivity contribution < 1.29 is 9.32 Å². The fourth-order valence-corrected chi connectivity index (χ4v) is 4.02. The third-order valence-corrected chi connectivity index (χ3v) is 5.68. The van der Waals surface area contributed by atoms with Gasteiger partial charge in [0.2, 0.25) is 11.7 Å². The summed E-state index contributed by atoms with van der Waals surface area (Å²) in [6, 6.07) is 7.74. The Hall–Kier alpha value is -2.03. The predicted octanol–water partition coefficient (Wildman–Crippen LogP) is 2.82. The molecular weight excluding hydrogens is 344 g/mol. The van der Waals surface area contributed by atoms with Crippen molar-refractivity contribution in [2.45, 2.75) is 6.54 Å². The Morgan fingerprint density at radius 2 is 1.92 bits per heavy atom. The summed E-state index contributed by atoms with van der Waals surface area (Å²) in [5.74, 6) is 1.39. The highest BCUT2D eigenvalue weighted by molar-refractivity contribution is 7.13. The molecule has 0 unspecified atom stereocenters. The lowest BCUT2D eigenvalue weighted by Crippen LogP contribution is -2.48. The molecule has 8 heteroatoms. The number of piperazine rings is 1. The molecule has 0 bridgehead atoms. The molecule has 0 radical (unpaired) electrons. The molecule has 3 aromatic heterocycles. The van der Waals surface area contributed by atoms with Gasteiger partial charge in [0.15, 0.2) is 0 Å². The number of carbonyl (C=O) groups excluding carboxylic acids is 1.